The highest BCUT2D eigenvalue weighted by molar-refractivity contribution is 5.30. The van der Waals surface area contributed by atoms with Crippen LogP contribution in [0.3, 0.4) is 0 Å². The van der Waals surface area contributed by atoms with E-state index in [0.29, 0.717) is 12.1 Å². The quantitative estimate of drug-likeness (QED) is 0.899. The average molecular weight is 260 g/mol. The zero-order chi connectivity index (χ0) is 13.1. The summed E-state index contributed by atoms with van der Waals surface area (Å²) in [5.74, 6) is 0. The van der Waals surface area contributed by atoms with Crippen LogP contribution in [0.4, 0.5) is 0 Å². The molecule has 0 saturated carbocycles. The first-order chi connectivity index (χ1) is 9.36. The maximum Gasteiger partial charge on any atom is 0.0588 e. The van der Waals surface area contributed by atoms with Gasteiger partial charge in [0, 0.05) is 32.3 Å². The van der Waals surface area contributed by atoms with E-state index in [4.69, 9.17) is 10.5 Å². The van der Waals surface area contributed by atoms with Gasteiger partial charge in [-0.25, -0.2) is 0 Å². The highest BCUT2D eigenvalue weighted by atomic mass is 16.5. The first-order valence-electron chi connectivity index (χ1n) is 7.49. The van der Waals surface area contributed by atoms with Crippen LogP contribution >= 0.6 is 0 Å². The maximum atomic E-state index is 5.96. The number of benzene rings is 1. The van der Waals surface area contributed by atoms with Crippen LogP contribution < -0.4 is 5.73 Å². The molecule has 0 radical (unpaired) electrons. The fourth-order valence-corrected chi connectivity index (χ4v) is 3.32. The Morgan fingerprint density at radius 2 is 2.11 bits per heavy atom. The molecule has 1 aromatic carbocycles. The summed E-state index contributed by atoms with van der Waals surface area (Å²) in [6.45, 7) is 3.86. The second kappa shape index (κ2) is 6.04. The summed E-state index contributed by atoms with van der Waals surface area (Å²) in [5, 5.41) is 0. The van der Waals surface area contributed by atoms with Gasteiger partial charge in [0.25, 0.3) is 0 Å². The number of fused-ring (bicyclic) bond motifs is 1. The molecule has 3 nitrogen and oxygen atoms in total. The lowest BCUT2D eigenvalue weighted by Gasteiger charge is -2.36. The standard InChI is InChI=1S/C16H24N2O/c17-11-15-10-13-4-1-2-5-14(13)12-18(15)8-7-16-6-3-9-19-16/h1-2,4-5,15-16H,3,6-12,17H2. The zero-order valence-electron chi connectivity index (χ0n) is 11.6. The molecule has 2 N–H and O–H groups in total. The minimum atomic E-state index is 0.482. The van der Waals surface area contributed by atoms with Gasteiger partial charge in [-0.15, -0.1) is 0 Å². The van der Waals surface area contributed by atoms with Gasteiger partial charge in [-0.3, -0.25) is 4.90 Å². The second-order valence-electron chi connectivity index (χ2n) is 5.76. The minimum absolute atomic E-state index is 0.482. The molecule has 1 fully saturated rings. The molecule has 19 heavy (non-hydrogen) atoms. The van der Waals surface area contributed by atoms with Gasteiger partial charge in [-0.05, 0) is 36.8 Å². The van der Waals surface area contributed by atoms with E-state index in [0.717, 1.165) is 39.1 Å². The van der Waals surface area contributed by atoms with Crippen LogP contribution in [-0.2, 0) is 17.7 Å². The van der Waals surface area contributed by atoms with Gasteiger partial charge in [0.05, 0.1) is 6.10 Å². The van der Waals surface area contributed by atoms with E-state index in [-0.39, 0.29) is 0 Å². The Labute approximate surface area is 115 Å². The topological polar surface area (TPSA) is 38.5 Å². The van der Waals surface area contributed by atoms with Crippen LogP contribution in [0.1, 0.15) is 30.4 Å². The van der Waals surface area contributed by atoms with Crippen LogP contribution in [-0.4, -0.2) is 36.7 Å². The fourth-order valence-electron chi connectivity index (χ4n) is 3.32. The number of nitrogens with zero attached hydrogens (tertiary/aromatic N) is 1. The predicted molar refractivity (Wildman–Crippen MR) is 77.0 cm³/mol. The molecule has 0 aliphatic carbocycles. The number of nitrogens with two attached hydrogens (primary N) is 1. The third-order valence-electron chi connectivity index (χ3n) is 4.50. The smallest absolute Gasteiger partial charge is 0.0588 e. The Kier molecular flexibility index (Phi) is 4.16. The molecule has 1 aromatic rings. The van der Waals surface area contributed by atoms with Crippen molar-refractivity contribution in [3.05, 3.63) is 35.4 Å². The zero-order valence-corrected chi connectivity index (χ0v) is 11.6. The van der Waals surface area contributed by atoms with Crippen molar-refractivity contribution in [3.63, 3.8) is 0 Å². The summed E-state index contributed by atoms with van der Waals surface area (Å²) in [7, 11) is 0. The summed E-state index contributed by atoms with van der Waals surface area (Å²) >= 11 is 0. The molecule has 104 valence electrons. The normalized spacial score (nSPS) is 27.4. The molecular weight excluding hydrogens is 236 g/mol. The van der Waals surface area contributed by atoms with Crippen LogP contribution in [0.2, 0.25) is 0 Å². The first kappa shape index (κ1) is 13.1. The molecular formula is C16H24N2O. The molecule has 0 bridgehead atoms. The number of hydrogen-bond acceptors (Lipinski definition) is 3. The molecule has 2 atom stereocenters. The molecule has 1 saturated heterocycles. The highest BCUT2D eigenvalue weighted by Crippen LogP contribution is 2.24. The van der Waals surface area contributed by atoms with Crippen molar-refractivity contribution in [1.29, 1.82) is 0 Å². The summed E-state index contributed by atoms with van der Waals surface area (Å²) in [4.78, 5) is 2.55. The van der Waals surface area contributed by atoms with Crippen molar-refractivity contribution in [2.24, 2.45) is 5.73 Å². The van der Waals surface area contributed by atoms with Crippen molar-refractivity contribution >= 4 is 0 Å². The Bertz CT molecular complexity index is 415. The van der Waals surface area contributed by atoms with Crippen LogP contribution in [0.25, 0.3) is 0 Å². The summed E-state index contributed by atoms with van der Waals surface area (Å²) in [6.07, 6.45) is 5.19. The lowest BCUT2D eigenvalue weighted by atomic mass is 9.93. The van der Waals surface area contributed by atoms with E-state index in [1.165, 1.54) is 24.0 Å². The Morgan fingerprint density at radius 1 is 1.26 bits per heavy atom. The maximum absolute atomic E-state index is 5.96. The molecule has 0 amide bonds. The van der Waals surface area contributed by atoms with Crippen molar-refractivity contribution in [2.45, 2.75) is 44.4 Å². The minimum Gasteiger partial charge on any atom is -0.378 e. The van der Waals surface area contributed by atoms with Gasteiger partial charge in [0.15, 0.2) is 0 Å². The second-order valence-corrected chi connectivity index (χ2v) is 5.76. The molecule has 2 unspecified atom stereocenters. The van der Waals surface area contributed by atoms with Crippen molar-refractivity contribution < 1.29 is 4.74 Å². The van der Waals surface area contributed by atoms with Crippen molar-refractivity contribution in [2.75, 3.05) is 19.7 Å². The fraction of sp³-hybridized carbons (Fsp3) is 0.625. The SMILES string of the molecule is NCC1Cc2ccccc2CN1CCC1CCCO1. The molecule has 3 rings (SSSR count). The van der Waals surface area contributed by atoms with Crippen LogP contribution in [0, 0.1) is 0 Å². The summed E-state index contributed by atoms with van der Waals surface area (Å²) in [6, 6.07) is 9.27. The number of ether oxygens (including phenoxy) is 1. The third kappa shape index (κ3) is 2.99. The van der Waals surface area contributed by atoms with Gasteiger partial charge >= 0.3 is 0 Å². The van der Waals surface area contributed by atoms with E-state index >= 15 is 0 Å². The van der Waals surface area contributed by atoms with E-state index < -0.39 is 0 Å². The summed E-state index contributed by atoms with van der Waals surface area (Å²) < 4.78 is 5.72. The molecule has 0 aromatic heterocycles. The first-order valence-corrected chi connectivity index (χ1v) is 7.49. The molecule has 2 heterocycles. The van der Waals surface area contributed by atoms with Crippen molar-refractivity contribution in [1.82, 2.24) is 4.90 Å². The average Bonchev–Trinajstić information content (AvgIpc) is 2.97. The lowest BCUT2D eigenvalue weighted by Crippen LogP contribution is -2.45. The van der Waals surface area contributed by atoms with Gasteiger partial charge in [0.1, 0.15) is 0 Å². The van der Waals surface area contributed by atoms with E-state index in [1.54, 1.807) is 0 Å². The van der Waals surface area contributed by atoms with Crippen molar-refractivity contribution in [3.8, 4) is 0 Å². The van der Waals surface area contributed by atoms with Gasteiger partial charge in [-0.1, -0.05) is 24.3 Å². The van der Waals surface area contributed by atoms with E-state index in [1.807, 2.05) is 0 Å². The van der Waals surface area contributed by atoms with E-state index in [9.17, 15) is 0 Å². The highest BCUT2D eigenvalue weighted by Gasteiger charge is 2.26. The number of rotatable bonds is 4. The monoisotopic (exact) mass is 260 g/mol. The molecule has 3 heteroatoms. The predicted octanol–water partition coefficient (Wildman–Crippen LogP) is 1.94. The molecule has 2 aliphatic heterocycles. The Hall–Kier alpha value is -0.900. The van der Waals surface area contributed by atoms with Crippen LogP contribution in [0.5, 0.6) is 0 Å². The van der Waals surface area contributed by atoms with Gasteiger partial charge in [0.2, 0.25) is 0 Å². The Balaban J connectivity index is 1.63. The lowest BCUT2D eigenvalue weighted by molar-refractivity contribution is 0.0803. The Morgan fingerprint density at radius 3 is 2.84 bits per heavy atom. The van der Waals surface area contributed by atoms with Gasteiger partial charge in [-0.2, -0.15) is 0 Å². The third-order valence-corrected chi connectivity index (χ3v) is 4.50. The van der Waals surface area contributed by atoms with Gasteiger partial charge < -0.3 is 10.5 Å². The summed E-state index contributed by atoms with van der Waals surface area (Å²) in [5.41, 5.74) is 8.91. The largest absolute Gasteiger partial charge is 0.378 e. The van der Waals surface area contributed by atoms with E-state index in [2.05, 4.69) is 29.2 Å². The van der Waals surface area contributed by atoms with Crippen LogP contribution in [0.15, 0.2) is 24.3 Å². The number of hydrogen-bond donors (Lipinski definition) is 1. The molecule has 2 aliphatic rings. The molecule has 0 spiro atoms.